The second-order valence-corrected chi connectivity index (χ2v) is 5.34. The van der Waals surface area contributed by atoms with E-state index in [4.69, 9.17) is 10.5 Å². The highest BCUT2D eigenvalue weighted by Gasteiger charge is 2.09. The van der Waals surface area contributed by atoms with Crippen LogP contribution in [0.4, 0.5) is 11.4 Å². The van der Waals surface area contributed by atoms with Gasteiger partial charge in [0.25, 0.3) is 0 Å². The van der Waals surface area contributed by atoms with E-state index in [2.05, 4.69) is 21.3 Å². The van der Waals surface area contributed by atoms with Crippen LogP contribution in [0.2, 0.25) is 0 Å². The van der Waals surface area contributed by atoms with Crippen LogP contribution < -0.4 is 11.1 Å². The third kappa shape index (κ3) is 3.43. The largest absolute Gasteiger partial charge is 0.397 e. The van der Waals surface area contributed by atoms with Crippen molar-refractivity contribution in [2.45, 2.75) is 6.42 Å². The number of morpholine rings is 1. The molecule has 0 spiro atoms. The quantitative estimate of drug-likeness (QED) is 0.650. The lowest BCUT2D eigenvalue weighted by Gasteiger charge is -2.26. The molecule has 5 nitrogen and oxygen atoms in total. The summed E-state index contributed by atoms with van der Waals surface area (Å²) in [5, 5.41) is 4.59. The fourth-order valence-corrected chi connectivity index (χ4v) is 2.70. The summed E-state index contributed by atoms with van der Waals surface area (Å²) in [4.78, 5) is 6.81. The van der Waals surface area contributed by atoms with Crippen LogP contribution in [0.25, 0.3) is 10.9 Å². The summed E-state index contributed by atoms with van der Waals surface area (Å²) in [6.45, 7) is 5.89. The van der Waals surface area contributed by atoms with Crippen LogP contribution in [0.3, 0.4) is 0 Å². The van der Waals surface area contributed by atoms with E-state index in [1.807, 2.05) is 24.4 Å². The van der Waals surface area contributed by atoms with Gasteiger partial charge in [0.15, 0.2) is 0 Å². The molecule has 3 N–H and O–H groups in total. The number of ether oxygens (including phenoxy) is 1. The van der Waals surface area contributed by atoms with E-state index in [1.54, 1.807) is 0 Å². The highest BCUT2D eigenvalue weighted by Crippen LogP contribution is 2.25. The molecule has 3 rings (SSSR count). The number of anilines is 2. The van der Waals surface area contributed by atoms with Crippen molar-refractivity contribution in [1.29, 1.82) is 0 Å². The Balaban J connectivity index is 1.57. The number of nitrogens with one attached hydrogen (secondary N) is 1. The minimum atomic E-state index is 0.726. The Morgan fingerprint density at radius 2 is 2.10 bits per heavy atom. The predicted octanol–water partition coefficient (Wildman–Crippen LogP) is 1.95. The van der Waals surface area contributed by atoms with E-state index in [9.17, 15) is 0 Å². The molecule has 1 saturated heterocycles. The number of hydrogen-bond donors (Lipinski definition) is 2. The van der Waals surface area contributed by atoms with E-state index < -0.39 is 0 Å². The molecule has 1 aromatic heterocycles. The Morgan fingerprint density at radius 1 is 1.24 bits per heavy atom. The second-order valence-electron chi connectivity index (χ2n) is 5.34. The first-order valence-corrected chi connectivity index (χ1v) is 7.52. The molecule has 0 radical (unpaired) electrons. The van der Waals surface area contributed by atoms with Gasteiger partial charge < -0.3 is 15.8 Å². The molecule has 1 fully saturated rings. The van der Waals surface area contributed by atoms with E-state index in [0.29, 0.717) is 0 Å². The van der Waals surface area contributed by atoms with Gasteiger partial charge in [-0.05, 0) is 25.1 Å². The molecule has 0 aliphatic carbocycles. The maximum absolute atomic E-state index is 5.97. The maximum Gasteiger partial charge on any atom is 0.0951 e. The zero-order valence-electron chi connectivity index (χ0n) is 12.2. The molecule has 112 valence electrons. The number of para-hydroxylation sites is 1. The number of benzene rings is 1. The molecule has 21 heavy (non-hydrogen) atoms. The van der Waals surface area contributed by atoms with Crippen LogP contribution in [0.5, 0.6) is 0 Å². The molecular formula is C16H22N4O. The van der Waals surface area contributed by atoms with Gasteiger partial charge in [0.2, 0.25) is 0 Å². The number of nitrogens with zero attached hydrogens (tertiary/aromatic N) is 2. The predicted molar refractivity (Wildman–Crippen MR) is 86.5 cm³/mol. The number of fused-ring (bicyclic) bond motifs is 1. The number of pyridine rings is 1. The van der Waals surface area contributed by atoms with E-state index in [0.717, 1.165) is 68.1 Å². The third-order valence-electron chi connectivity index (χ3n) is 3.87. The molecule has 5 heteroatoms. The molecular weight excluding hydrogens is 264 g/mol. The van der Waals surface area contributed by atoms with Gasteiger partial charge in [-0.2, -0.15) is 0 Å². The number of aromatic nitrogens is 1. The first-order chi connectivity index (χ1) is 10.3. The number of hydrogen-bond acceptors (Lipinski definition) is 5. The fourth-order valence-electron chi connectivity index (χ4n) is 2.70. The Kier molecular flexibility index (Phi) is 4.52. The molecule has 2 aromatic rings. The van der Waals surface area contributed by atoms with Crippen molar-refractivity contribution in [2.75, 3.05) is 50.4 Å². The maximum atomic E-state index is 5.97. The van der Waals surface area contributed by atoms with Crippen molar-refractivity contribution in [3.8, 4) is 0 Å². The molecule has 0 amide bonds. The third-order valence-corrected chi connectivity index (χ3v) is 3.87. The van der Waals surface area contributed by atoms with Crippen LogP contribution in [0.15, 0.2) is 30.5 Å². The van der Waals surface area contributed by atoms with Crippen LogP contribution in [-0.4, -0.2) is 49.3 Å². The van der Waals surface area contributed by atoms with Gasteiger partial charge in [-0.3, -0.25) is 9.88 Å². The van der Waals surface area contributed by atoms with Crippen molar-refractivity contribution in [2.24, 2.45) is 0 Å². The molecule has 2 heterocycles. The standard InChI is InChI=1S/C16H22N4O/c17-14-4-1-3-13-15(5-7-19-16(13)14)18-6-2-8-20-9-11-21-12-10-20/h1,3-5,7H,2,6,8-12,17H2,(H,18,19). The normalized spacial score (nSPS) is 16.2. The van der Waals surface area contributed by atoms with Gasteiger partial charge in [0, 0.05) is 36.9 Å². The van der Waals surface area contributed by atoms with Gasteiger partial charge >= 0.3 is 0 Å². The second kappa shape index (κ2) is 6.74. The lowest BCUT2D eigenvalue weighted by molar-refractivity contribution is 0.0378. The van der Waals surface area contributed by atoms with Gasteiger partial charge in [0.05, 0.1) is 24.4 Å². The number of nitrogen functional groups attached to an aromatic ring is 1. The first-order valence-electron chi connectivity index (χ1n) is 7.52. The van der Waals surface area contributed by atoms with Crippen molar-refractivity contribution in [1.82, 2.24) is 9.88 Å². The van der Waals surface area contributed by atoms with Crippen LogP contribution in [0, 0.1) is 0 Å². The summed E-state index contributed by atoms with van der Waals surface area (Å²) >= 11 is 0. The van der Waals surface area contributed by atoms with Crippen LogP contribution in [0.1, 0.15) is 6.42 Å². The summed E-state index contributed by atoms with van der Waals surface area (Å²) in [6.07, 6.45) is 2.93. The first kappa shape index (κ1) is 14.1. The highest BCUT2D eigenvalue weighted by molar-refractivity contribution is 5.97. The Hall–Kier alpha value is -1.85. The van der Waals surface area contributed by atoms with Gasteiger partial charge in [-0.25, -0.2) is 0 Å². The summed E-state index contributed by atoms with van der Waals surface area (Å²) in [5.41, 5.74) is 8.67. The van der Waals surface area contributed by atoms with Gasteiger partial charge in [0.1, 0.15) is 0 Å². The average Bonchev–Trinajstić information content (AvgIpc) is 2.53. The molecule has 1 aromatic carbocycles. The minimum absolute atomic E-state index is 0.726. The smallest absolute Gasteiger partial charge is 0.0951 e. The molecule has 0 saturated carbocycles. The van der Waals surface area contributed by atoms with E-state index >= 15 is 0 Å². The van der Waals surface area contributed by atoms with Gasteiger partial charge in [-0.1, -0.05) is 12.1 Å². The molecule has 0 unspecified atom stereocenters. The van der Waals surface area contributed by atoms with Crippen LogP contribution in [-0.2, 0) is 4.74 Å². The monoisotopic (exact) mass is 286 g/mol. The lowest BCUT2D eigenvalue weighted by atomic mass is 10.1. The van der Waals surface area contributed by atoms with Crippen LogP contribution >= 0.6 is 0 Å². The summed E-state index contributed by atoms with van der Waals surface area (Å²) in [6, 6.07) is 7.93. The molecule has 1 aliphatic heterocycles. The van der Waals surface area contributed by atoms with Crippen molar-refractivity contribution in [3.63, 3.8) is 0 Å². The summed E-state index contributed by atoms with van der Waals surface area (Å²) in [5.74, 6) is 0. The van der Waals surface area contributed by atoms with E-state index in [1.165, 1.54) is 0 Å². The Labute approximate surface area is 125 Å². The number of rotatable bonds is 5. The van der Waals surface area contributed by atoms with E-state index in [-0.39, 0.29) is 0 Å². The zero-order chi connectivity index (χ0) is 14.5. The topological polar surface area (TPSA) is 63.4 Å². The fraction of sp³-hybridized carbons (Fsp3) is 0.438. The SMILES string of the molecule is Nc1cccc2c(NCCCN3CCOCC3)ccnc12. The minimum Gasteiger partial charge on any atom is -0.397 e. The van der Waals surface area contributed by atoms with Gasteiger partial charge in [-0.15, -0.1) is 0 Å². The van der Waals surface area contributed by atoms with Crippen molar-refractivity contribution < 1.29 is 4.74 Å². The Morgan fingerprint density at radius 3 is 2.95 bits per heavy atom. The number of nitrogens with two attached hydrogens (primary N) is 1. The molecule has 0 bridgehead atoms. The zero-order valence-corrected chi connectivity index (χ0v) is 12.2. The highest BCUT2D eigenvalue weighted by atomic mass is 16.5. The van der Waals surface area contributed by atoms with Crippen molar-refractivity contribution >= 4 is 22.3 Å². The van der Waals surface area contributed by atoms with Crippen molar-refractivity contribution in [3.05, 3.63) is 30.5 Å². The Bertz CT molecular complexity index is 596. The average molecular weight is 286 g/mol. The summed E-state index contributed by atoms with van der Waals surface area (Å²) in [7, 11) is 0. The molecule has 0 atom stereocenters. The molecule has 1 aliphatic rings. The lowest BCUT2D eigenvalue weighted by Crippen LogP contribution is -2.37. The summed E-state index contributed by atoms with van der Waals surface area (Å²) < 4.78 is 5.36.